The van der Waals surface area contributed by atoms with E-state index in [4.69, 9.17) is 14.2 Å². The highest BCUT2D eigenvalue weighted by Gasteiger charge is 2.41. The van der Waals surface area contributed by atoms with Crippen LogP contribution in [0.3, 0.4) is 0 Å². The number of fused-ring (bicyclic) bond motifs is 2. The van der Waals surface area contributed by atoms with E-state index < -0.39 is 0 Å². The third-order valence-corrected chi connectivity index (χ3v) is 3.64. The summed E-state index contributed by atoms with van der Waals surface area (Å²) in [5.74, 6) is 1.25. The largest absolute Gasteiger partial charge is 0.493 e. The van der Waals surface area contributed by atoms with E-state index >= 15 is 0 Å². The van der Waals surface area contributed by atoms with E-state index in [-0.39, 0.29) is 24.7 Å². The van der Waals surface area contributed by atoms with Gasteiger partial charge in [-0.25, -0.2) is 0 Å². The molecule has 0 radical (unpaired) electrons. The Kier molecular flexibility index (Phi) is 3.29. The molecule has 0 saturated carbocycles. The predicted molar refractivity (Wildman–Crippen MR) is 68.3 cm³/mol. The molecule has 2 atom stereocenters. The maximum absolute atomic E-state index is 12.1. The maximum atomic E-state index is 12.1. The third kappa shape index (κ3) is 2.38. The second-order valence-electron chi connectivity index (χ2n) is 4.83. The maximum Gasteiger partial charge on any atom is 0.260 e. The lowest BCUT2D eigenvalue weighted by molar-refractivity contribution is -0.137. The lowest BCUT2D eigenvalue weighted by Gasteiger charge is -2.26. The van der Waals surface area contributed by atoms with Crippen LogP contribution in [0.2, 0.25) is 0 Å². The van der Waals surface area contributed by atoms with Crippen molar-refractivity contribution in [2.45, 2.75) is 18.6 Å². The van der Waals surface area contributed by atoms with Crippen LogP contribution < -0.4 is 9.47 Å². The molecule has 2 saturated heterocycles. The zero-order chi connectivity index (χ0) is 13.2. The fourth-order valence-corrected chi connectivity index (χ4v) is 2.67. The molecule has 2 aliphatic heterocycles. The molecule has 2 fully saturated rings. The van der Waals surface area contributed by atoms with Gasteiger partial charge in [-0.2, -0.15) is 0 Å². The standard InChI is InChI=1S/C14H17NO4/c1-17-12-4-2-3-5-13(12)19-9-14(16)15-7-11-6-10(15)8-18-11/h2-5,10-11H,6-9H2,1H3/t10-,11+/m0/s1. The summed E-state index contributed by atoms with van der Waals surface area (Å²) in [6.07, 6.45) is 1.18. The first-order chi connectivity index (χ1) is 9.28. The molecule has 0 spiro atoms. The van der Waals surface area contributed by atoms with Crippen molar-refractivity contribution in [2.75, 3.05) is 26.9 Å². The van der Waals surface area contributed by atoms with Crippen LogP contribution in [0.25, 0.3) is 0 Å². The quantitative estimate of drug-likeness (QED) is 0.815. The minimum Gasteiger partial charge on any atom is -0.493 e. The third-order valence-electron chi connectivity index (χ3n) is 3.64. The summed E-state index contributed by atoms with van der Waals surface area (Å²) in [5.41, 5.74) is 0. The molecule has 1 amide bonds. The summed E-state index contributed by atoms with van der Waals surface area (Å²) >= 11 is 0. The van der Waals surface area contributed by atoms with Gasteiger partial charge in [0.2, 0.25) is 0 Å². The number of amides is 1. The molecule has 0 aliphatic carbocycles. The molecule has 5 heteroatoms. The Labute approximate surface area is 112 Å². The van der Waals surface area contributed by atoms with Crippen molar-refractivity contribution in [3.63, 3.8) is 0 Å². The first kappa shape index (κ1) is 12.3. The fourth-order valence-electron chi connectivity index (χ4n) is 2.67. The second-order valence-corrected chi connectivity index (χ2v) is 4.83. The van der Waals surface area contributed by atoms with Gasteiger partial charge in [-0.05, 0) is 18.6 Å². The van der Waals surface area contributed by atoms with Crippen LogP contribution >= 0.6 is 0 Å². The Morgan fingerprint density at radius 2 is 2.21 bits per heavy atom. The van der Waals surface area contributed by atoms with Gasteiger partial charge in [-0.3, -0.25) is 4.79 Å². The number of hydrogen-bond acceptors (Lipinski definition) is 4. The average Bonchev–Trinajstić information content (AvgIpc) is 3.07. The van der Waals surface area contributed by atoms with Crippen LogP contribution in [-0.2, 0) is 9.53 Å². The van der Waals surface area contributed by atoms with E-state index in [2.05, 4.69) is 0 Å². The average molecular weight is 263 g/mol. The zero-order valence-electron chi connectivity index (χ0n) is 10.9. The number of benzene rings is 1. The summed E-state index contributed by atoms with van der Waals surface area (Å²) in [4.78, 5) is 14.0. The molecule has 102 valence electrons. The lowest BCUT2D eigenvalue weighted by atomic mass is 10.2. The Morgan fingerprint density at radius 1 is 1.42 bits per heavy atom. The van der Waals surface area contributed by atoms with Gasteiger partial charge in [-0.1, -0.05) is 12.1 Å². The SMILES string of the molecule is COc1ccccc1OCC(=O)N1C[C@H]2C[C@H]1CO2. The normalized spacial score (nSPS) is 24.6. The Hall–Kier alpha value is -1.75. The number of methoxy groups -OCH3 is 1. The molecule has 5 nitrogen and oxygen atoms in total. The highest BCUT2D eigenvalue weighted by Crippen LogP contribution is 2.29. The predicted octanol–water partition coefficient (Wildman–Crippen LogP) is 1.07. The lowest BCUT2D eigenvalue weighted by Crippen LogP contribution is -2.43. The van der Waals surface area contributed by atoms with Crippen LogP contribution in [-0.4, -0.2) is 49.8 Å². The molecule has 0 aromatic heterocycles. The monoisotopic (exact) mass is 263 g/mol. The first-order valence-corrected chi connectivity index (χ1v) is 6.45. The molecule has 3 rings (SSSR count). The van der Waals surface area contributed by atoms with E-state index in [0.29, 0.717) is 24.7 Å². The number of carbonyl (C=O) groups is 1. The van der Waals surface area contributed by atoms with Crippen molar-refractivity contribution >= 4 is 5.91 Å². The highest BCUT2D eigenvalue weighted by molar-refractivity contribution is 5.78. The van der Waals surface area contributed by atoms with Gasteiger partial charge in [0.15, 0.2) is 18.1 Å². The Balaban J connectivity index is 1.59. The molecular weight excluding hydrogens is 246 g/mol. The number of para-hydroxylation sites is 2. The van der Waals surface area contributed by atoms with Crippen LogP contribution in [0.5, 0.6) is 11.5 Å². The summed E-state index contributed by atoms with van der Waals surface area (Å²) in [6, 6.07) is 7.56. The Bertz CT molecular complexity index is 476. The van der Waals surface area contributed by atoms with Gasteiger partial charge >= 0.3 is 0 Å². The summed E-state index contributed by atoms with van der Waals surface area (Å²) in [5, 5.41) is 0. The number of carbonyl (C=O) groups excluding carboxylic acids is 1. The smallest absolute Gasteiger partial charge is 0.260 e. The minimum absolute atomic E-state index is 0.0155. The number of likely N-dealkylation sites (tertiary alicyclic amines) is 1. The van der Waals surface area contributed by atoms with E-state index in [1.54, 1.807) is 13.2 Å². The molecule has 2 heterocycles. The van der Waals surface area contributed by atoms with Crippen LogP contribution in [0, 0.1) is 0 Å². The number of rotatable bonds is 4. The molecule has 2 aliphatic rings. The van der Waals surface area contributed by atoms with Crippen molar-refractivity contribution in [2.24, 2.45) is 0 Å². The number of hydrogen-bond donors (Lipinski definition) is 0. The second kappa shape index (κ2) is 5.09. The van der Waals surface area contributed by atoms with E-state index in [1.165, 1.54) is 0 Å². The molecule has 1 aromatic carbocycles. The first-order valence-electron chi connectivity index (χ1n) is 6.45. The van der Waals surface area contributed by atoms with Crippen molar-refractivity contribution in [3.05, 3.63) is 24.3 Å². The molecule has 0 N–H and O–H groups in total. The summed E-state index contributed by atoms with van der Waals surface area (Å²) < 4.78 is 16.2. The summed E-state index contributed by atoms with van der Waals surface area (Å²) in [7, 11) is 1.58. The fraction of sp³-hybridized carbons (Fsp3) is 0.500. The number of nitrogens with zero attached hydrogens (tertiary/aromatic N) is 1. The molecule has 0 unspecified atom stereocenters. The molecule has 19 heavy (non-hydrogen) atoms. The van der Waals surface area contributed by atoms with Gasteiger partial charge in [0, 0.05) is 6.54 Å². The van der Waals surface area contributed by atoms with Crippen LogP contribution in [0.4, 0.5) is 0 Å². The van der Waals surface area contributed by atoms with Crippen molar-refractivity contribution in [1.82, 2.24) is 4.90 Å². The van der Waals surface area contributed by atoms with Crippen molar-refractivity contribution in [3.8, 4) is 11.5 Å². The molecule has 2 bridgehead atoms. The zero-order valence-corrected chi connectivity index (χ0v) is 10.9. The topological polar surface area (TPSA) is 48.0 Å². The van der Waals surface area contributed by atoms with Gasteiger partial charge in [0.05, 0.1) is 25.9 Å². The van der Waals surface area contributed by atoms with E-state index in [1.807, 2.05) is 23.1 Å². The Morgan fingerprint density at radius 3 is 2.84 bits per heavy atom. The highest BCUT2D eigenvalue weighted by atomic mass is 16.5. The van der Waals surface area contributed by atoms with E-state index in [0.717, 1.165) is 6.42 Å². The van der Waals surface area contributed by atoms with Crippen molar-refractivity contribution in [1.29, 1.82) is 0 Å². The van der Waals surface area contributed by atoms with Gasteiger partial charge < -0.3 is 19.1 Å². The van der Waals surface area contributed by atoms with Gasteiger partial charge in [-0.15, -0.1) is 0 Å². The minimum atomic E-state index is 0.0155. The van der Waals surface area contributed by atoms with Gasteiger partial charge in [0.1, 0.15) is 0 Å². The van der Waals surface area contributed by atoms with Crippen LogP contribution in [0.15, 0.2) is 24.3 Å². The van der Waals surface area contributed by atoms with Gasteiger partial charge in [0.25, 0.3) is 5.91 Å². The molecule has 1 aromatic rings. The number of ether oxygens (including phenoxy) is 3. The number of morpholine rings is 1. The van der Waals surface area contributed by atoms with E-state index in [9.17, 15) is 4.79 Å². The summed E-state index contributed by atoms with van der Waals surface area (Å²) in [6.45, 7) is 1.40. The molecular formula is C14H17NO4. The van der Waals surface area contributed by atoms with Crippen molar-refractivity contribution < 1.29 is 19.0 Å². The van der Waals surface area contributed by atoms with Crippen LogP contribution in [0.1, 0.15) is 6.42 Å².